The van der Waals surface area contributed by atoms with E-state index in [1.54, 1.807) is 17.8 Å². The van der Waals surface area contributed by atoms with Gasteiger partial charge in [0.15, 0.2) is 23.2 Å². The second-order valence-electron chi connectivity index (χ2n) is 3.81. The van der Waals surface area contributed by atoms with Crippen molar-refractivity contribution in [2.45, 2.75) is 6.42 Å². The molecule has 2 aromatic rings. The van der Waals surface area contributed by atoms with Crippen molar-refractivity contribution in [2.24, 2.45) is 7.05 Å². The highest BCUT2D eigenvalue weighted by atomic mass is 19.2. The number of aromatic nitrogens is 2. The number of carbonyl (C=O) groups excluding carboxylic acids is 1. The lowest BCUT2D eigenvalue weighted by atomic mass is 10.1. The number of hydrogen-bond acceptors (Lipinski definition) is 2. The van der Waals surface area contributed by atoms with Crippen LogP contribution < -0.4 is 0 Å². The summed E-state index contributed by atoms with van der Waals surface area (Å²) in [4.78, 5) is 15.7. The van der Waals surface area contributed by atoms with Crippen molar-refractivity contribution in [3.63, 3.8) is 0 Å². The molecule has 6 heteroatoms. The molecule has 1 heterocycles. The molecule has 0 saturated carbocycles. The Bertz CT molecular complexity index is 584. The van der Waals surface area contributed by atoms with Crippen molar-refractivity contribution in [3.8, 4) is 0 Å². The van der Waals surface area contributed by atoms with E-state index in [4.69, 9.17) is 0 Å². The average Bonchev–Trinajstić information content (AvgIpc) is 2.71. The molecule has 18 heavy (non-hydrogen) atoms. The summed E-state index contributed by atoms with van der Waals surface area (Å²) in [7, 11) is 1.70. The molecule has 0 atom stereocenters. The van der Waals surface area contributed by atoms with E-state index in [2.05, 4.69) is 4.98 Å². The van der Waals surface area contributed by atoms with Crippen LogP contribution in [0.4, 0.5) is 13.2 Å². The number of imidazole rings is 1. The van der Waals surface area contributed by atoms with Crippen molar-refractivity contribution in [2.75, 3.05) is 0 Å². The fraction of sp³-hybridized carbons (Fsp3) is 0.167. The van der Waals surface area contributed by atoms with Crippen LogP contribution in [0.3, 0.4) is 0 Å². The monoisotopic (exact) mass is 254 g/mol. The summed E-state index contributed by atoms with van der Waals surface area (Å²) in [5, 5.41) is 0. The highest BCUT2D eigenvalue weighted by Gasteiger charge is 2.16. The lowest BCUT2D eigenvalue weighted by Gasteiger charge is -2.03. The van der Waals surface area contributed by atoms with E-state index in [-0.39, 0.29) is 12.0 Å². The van der Waals surface area contributed by atoms with Crippen LogP contribution in [0.25, 0.3) is 0 Å². The summed E-state index contributed by atoms with van der Waals surface area (Å²) < 4.78 is 40.3. The number of Topliss-reactive ketones (excluding diaryl/α,β-unsaturated/α-hetero) is 1. The van der Waals surface area contributed by atoms with Crippen LogP contribution in [0.15, 0.2) is 24.5 Å². The van der Waals surface area contributed by atoms with Gasteiger partial charge >= 0.3 is 0 Å². The normalized spacial score (nSPS) is 10.7. The fourth-order valence-corrected chi connectivity index (χ4v) is 1.53. The van der Waals surface area contributed by atoms with E-state index in [1.807, 2.05) is 0 Å². The van der Waals surface area contributed by atoms with Crippen LogP contribution >= 0.6 is 0 Å². The summed E-state index contributed by atoms with van der Waals surface area (Å²) in [5.41, 5.74) is -0.214. The van der Waals surface area contributed by atoms with E-state index in [1.165, 1.54) is 6.20 Å². The molecule has 0 aliphatic rings. The number of rotatable bonds is 3. The molecular formula is C12H9F3N2O. The van der Waals surface area contributed by atoms with Crippen molar-refractivity contribution in [1.29, 1.82) is 0 Å². The Morgan fingerprint density at radius 2 is 1.89 bits per heavy atom. The molecule has 0 bridgehead atoms. The highest BCUT2D eigenvalue weighted by molar-refractivity contribution is 5.97. The zero-order valence-corrected chi connectivity index (χ0v) is 9.45. The summed E-state index contributed by atoms with van der Waals surface area (Å²) in [6, 6.07) is 1.37. The van der Waals surface area contributed by atoms with Crippen LogP contribution in [0.1, 0.15) is 16.2 Å². The molecule has 0 radical (unpaired) electrons. The second-order valence-corrected chi connectivity index (χ2v) is 3.81. The Hall–Kier alpha value is -2.11. The topological polar surface area (TPSA) is 34.9 Å². The fourth-order valence-electron chi connectivity index (χ4n) is 1.53. The van der Waals surface area contributed by atoms with Gasteiger partial charge in [-0.25, -0.2) is 18.2 Å². The molecule has 0 aliphatic carbocycles. The maximum Gasteiger partial charge on any atom is 0.194 e. The first-order valence-electron chi connectivity index (χ1n) is 5.13. The summed E-state index contributed by atoms with van der Waals surface area (Å²) in [5.74, 6) is -4.40. The number of nitrogens with zero attached hydrogens (tertiary/aromatic N) is 2. The number of benzene rings is 1. The number of aryl methyl sites for hydroxylation is 1. The zero-order chi connectivity index (χ0) is 13.3. The minimum atomic E-state index is -1.58. The van der Waals surface area contributed by atoms with Crippen molar-refractivity contribution < 1.29 is 18.0 Å². The lowest BCUT2D eigenvalue weighted by molar-refractivity contribution is 0.0989. The molecule has 0 amide bonds. The lowest BCUT2D eigenvalue weighted by Crippen LogP contribution is -2.09. The van der Waals surface area contributed by atoms with Crippen molar-refractivity contribution in [3.05, 3.63) is 53.4 Å². The minimum absolute atomic E-state index is 0.103. The van der Waals surface area contributed by atoms with Gasteiger partial charge in [0.1, 0.15) is 5.82 Å². The van der Waals surface area contributed by atoms with Crippen molar-refractivity contribution in [1.82, 2.24) is 9.55 Å². The molecule has 0 saturated heterocycles. The van der Waals surface area contributed by atoms with E-state index in [0.29, 0.717) is 18.0 Å². The Labute approximate surface area is 101 Å². The van der Waals surface area contributed by atoms with Crippen LogP contribution in [0.2, 0.25) is 0 Å². The third-order valence-electron chi connectivity index (χ3n) is 2.55. The minimum Gasteiger partial charge on any atom is -0.338 e. The van der Waals surface area contributed by atoms with Gasteiger partial charge < -0.3 is 4.57 Å². The van der Waals surface area contributed by atoms with Gasteiger partial charge in [0.25, 0.3) is 0 Å². The van der Waals surface area contributed by atoms with Crippen LogP contribution in [0.5, 0.6) is 0 Å². The van der Waals surface area contributed by atoms with Crippen LogP contribution in [-0.4, -0.2) is 15.3 Å². The summed E-state index contributed by atoms with van der Waals surface area (Å²) >= 11 is 0. The Kier molecular flexibility index (Phi) is 3.18. The number of ketones is 1. The zero-order valence-electron chi connectivity index (χ0n) is 9.45. The first-order chi connectivity index (χ1) is 8.49. The Morgan fingerprint density at radius 3 is 2.39 bits per heavy atom. The molecule has 0 aliphatic heterocycles. The molecular weight excluding hydrogens is 245 g/mol. The quantitative estimate of drug-likeness (QED) is 0.622. The third kappa shape index (κ3) is 2.27. The first-order valence-corrected chi connectivity index (χ1v) is 5.13. The molecule has 94 valence electrons. The predicted octanol–water partition coefficient (Wildman–Crippen LogP) is 2.26. The Balaban J connectivity index is 2.27. The van der Waals surface area contributed by atoms with Gasteiger partial charge in [-0.3, -0.25) is 4.79 Å². The van der Waals surface area contributed by atoms with Gasteiger partial charge in [-0.15, -0.1) is 0 Å². The SMILES string of the molecule is Cn1ccnc1CC(=O)c1cc(F)c(F)c(F)c1. The van der Waals surface area contributed by atoms with Gasteiger partial charge in [0.05, 0.1) is 6.42 Å². The van der Waals surface area contributed by atoms with Crippen molar-refractivity contribution >= 4 is 5.78 Å². The predicted molar refractivity (Wildman–Crippen MR) is 57.6 cm³/mol. The van der Waals surface area contributed by atoms with Crippen LogP contribution in [-0.2, 0) is 13.5 Å². The average molecular weight is 254 g/mol. The van der Waals surface area contributed by atoms with Gasteiger partial charge in [-0.1, -0.05) is 0 Å². The third-order valence-corrected chi connectivity index (χ3v) is 2.55. The largest absolute Gasteiger partial charge is 0.338 e. The molecule has 0 unspecified atom stereocenters. The number of carbonyl (C=O) groups is 1. The molecule has 2 rings (SSSR count). The van der Waals surface area contributed by atoms with Gasteiger partial charge in [0.2, 0.25) is 0 Å². The second kappa shape index (κ2) is 4.64. The van der Waals surface area contributed by atoms with E-state index >= 15 is 0 Å². The van der Waals surface area contributed by atoms with E-state index in [9.17, 15) is 18.0 Å². The summed E-state index contributed by atoms with van der Waals surface area (Å²) in [6.45, 7) is 0. The van der Waals surface area contributed by atoms with Gasteiger partial charge in [-0.05, 0) is 12.1 Å². The van der Waals surface area contributed by atoms with E-state index < -0.39 is 23.2 Å². The molecule has 1 aromatic carbocycles. The first kappa shape index (κ1) is 12.3. The highest BCUT2D eigenvalue weighted by Crippen LogP contribution is 2.15. The Morgan fingerprint density at radius 1 is 1.28 bits per heavy atom. The van der Waals surface area contributed by atoms with Gasteiger partial charge in [-0.2, -0.15) is 0 Å². The number of hydrogen-bond donors (Lipinski definition) is 0. The maximum absolute atomic E-state index is 13.0. The molecule has 0 N–H and O–H groups in total. The van der Waals surface area contributed by atoms with Crippen LogP contribution in [0, 0.1) is 17.5 Å². The molecule has 1 aromatic heterocycles. The smallest absolute Gasteiger partial charge is 0.194 e. The van der Waals surface area contributed by atoms with Gasteiger partial charge in [0, 0.05) is 25.0 Å². The molecule has 0 spiro atoms. The molecule has 0 fully saturated rings. The molecule has 3 nitrogen and oxygen atoms in total. The summed E-state index contributed by atoms with van der Waals surface area (Å²) in [6.07, 6.45) is 3.05. The standard InChI is InChI=1S/C12H9F3N2O/c1-17-3-2-16-11(17)6-10(18)7-4-8(13)12(15)9(14)5-7/h2-5H,6H2,1H3. The number of halogens is 3. The van der Waals surface area contributed by atoms with E-state index in [0.717, 1.165) is 0 Å². The maximum atomic E-state index is 13.0.